The Kier molecular flexibility index (Phi) is 4.72. The minimum atomic E-state index is -0.291. The van der Waals surface area contributed by atoms with Gasteiger partial charge >= 0.3 is 0 Å². The van der Waals surface area contributed by atoms with Crippen LogP contribution in [-0.2, 0) is 6.54 Å². The number of fused-ring (bicyclic) bond motifs is 1. The van der Waals surface area contributed by atoms with Crippen LogP contribution in [0.3, 0.4) is 0 Å². The molecule has 2 heterocycles. The maximum absolute atomic E-state index is 13.4. The zero-order valence-corrected chi connectivity index (χ0v) is 16.8. The van der Waals surface area contributed by atoms with Crippen molar-refractivity contribution < 1.29 is 8.81 Å². The number of nitrogens with two attached hydrogens (primary N) is 1. The fourth-order valence-corrected chi connectivity index (χ4v) is 3.62. The first-order valence-corrected chi connectivity index (χ1v) is 9.89. The quantitative estimate of drug-likeness (QED) is 0.407. The molecule has 7 heteroatoms. The van der Waals surface area contributed by atoms with Gasteiger partial charge in [0, 0.05) is 30.1 Å². The van der Waals surface area contributed by atoms with Crippen molar-refractivity contribution in [3.8, 4) is 17.0 Å². The number of anilines is 2. The number of nitrogens with one attached hydrogen (secondary N) is 1. The summed E-state index contributed by atoms with van der Waals surface area (Å²) in [4.78, 5) is 4.14. The van der Waals surface area contributed by atoms with Gasteiger partial charge in [-0.3, -0.25) is 0 Å². The molecule has 0 bridgehead atoms. The third kappa shape index (κ3) is 3.55. The van der Waals surface area contributed by atoms with Gasteiger partial charge in [0.2, 0.25) is 0 Å². The van der Waals surface area contributed by atoms with Gasteiger partial charge in [-0.2, -0.15) is 5.10 Å². The molecule has 0 aliphatic rings. The summed E-state index contributed by atoms with van der Waals surface area (Å²) >= 11 is 0. The first kappa shape index (κ1) is 19.0. The van der Waals surface area contributed by atoms with Crippen LogP contribution in [0.1, 0.15) is 11.6 Å². The van der Waals surface area contributed by atoms with Crippen molar-refractivity contribution in [1.29, 1.82) is 0 Å². The topological polar surface area (TPSA) is 81.9 Å². The van der Waals surface area contributed by atoms with E-state index in [1.807, 2.05) is 49.4 Å². The van der Waals surface area contributed by atoms with Gasteiger partial charge in [0.25, 0.3) is 0 Å². The zero-order valence-electron chi connectivity index (χ0n) is 16.8. The summed E-state index contributed by atoms with van der Waals surface area (Å²) < 4.78 is 20.7. The average molecular weight is 413 g/mol. The SMILES string of the molecule is Cc1ncc(-c2ccc(Nc3cccc4c(CN)n(-c5ccc(F)cc5)nc34)cc2)o1. The molecular weight excluding hydrogens is 393 g/mol. The molecule has 2 aromatic heterocycles. The highest BCUT2D eigenvalue weighted by atomic mass is 19.1. The molecule has 0 spiro atoms. The Labute approximate surface area is 178 Å². The van der Waals surface area contributed by atoms with Gasteiger partial charge in [0.1, 0.15) is 11.3 Å². The lowest BCUT2D eigenvalue weighted by molar-refractivity contribution is 0.534. The molecule has 0 fully saturated rings. The fourth-order valence-electron chi connectivity index (χ4n) is 3.62. The Morgan fingerprint density at radius 3 is 2.48 bits per heavy atom. The van der Waals surface area contributed by atoms with E-state index in [9.17, 15) is 4.39 Å². The highest BCUT2D eigenvalue weighted by Gasteiger charge is 2.15. The Morgan fingerprint density at radius 2 is 1.81 bits per heavy atom. The van der Waals surface area contributed by atoms with Gasteiger partial charge in [0.05, 0.1) is 23.3 Å². The number of aromatic nitrogens is 3. The van der Waals surface area contributed by atoms with E-state index in [0.717, 1.165) is 45.0 Å². The lowest BCUT2D eigenvalue weighted by Crippen LogP contribution is -2.07. The van der Waals surface area contributed by atoms with Crippen LogP contribution in [0.15, 0.2) is 77.3 Å². The summed E-state index contributed by atoms with van der Waals surface area (Å²) in [6.07, 6.45) is 1.72. The molecule has 3 aromatic carbocycles. The second-order valence-electron chi connectivity index (χ2n) is 7.19. The van der Waals surface area contributed by atoms with Crippen LogP contribution in [0.5, 0.6) is 0 Å². The third-order valence-corrected chi connectivity index (χ3v) is 5.14. The van der Waals surface area contributed by atoms with E-state index in [-0.39, 0.29) is 5.82 Å². The highest BCUT2D eigenvalue weighted by molar-refractivity contribution is 5.94. The van der Waals surface area contributed by atoms with Crippen LogP contribution in [0, 0.1) is 12.7 Å². The molecular formula is C24H20FN5O. The number of rotatable bonds is 5. The molecule has 5 aromatic rings. The monoisotopic (exact) mass is 413 g/mol. The van der Waals surface area contributed by atoms with Crippen LogP contribution < -0.4 is 11.1 Å². The maximum atomic E-state index is 13.4. The molecule has 6 nitrogen and oxygen atoms in total. The number of hydrogen-bond donors (Lipinski definition) is 2. The van der Waals surface area contributed by atoms with E-state index in [2.05, 4.69) is 10.3 Å². The lowest BCUT2D eigenvalue weighted by atomic mass is 10.1. The number of halogens is 1. The second kappa shape index (κ2) is 7.70. The average Bonchev–Trinajstić information content (AvgIpc) is 3.39. The van der Waals surface area contributed by atoms with Crippen LogP contribution in [0.25, 0.3) is 27.9 Å². The molecule has 0 radical (unpaired) electrons. The molecule has 31 heavy (non-hydrogen) atoms. The molecule has 0 aliphatic heterocycles. The van der Waals surface area contributed by atoms with Gasteiger partial charge in [-0.1, -0.05) is 12.1 Å². The van der Waals surface area contributed by atoms with Crippen molar-refractivity contribution in [2.45, 2.75) is 13.5 Å². The predicted octanol–water partition coefficient (Wildman–Crippen LogP) is 5.33. The van der Waals surface area contributed by atoms with Crippen molar-refractivity contribution in [1.82, 2.24) is 14.8 Å². The normalized spacial score (nSPS) is 11.2. The van der Waals surface area contributed by atoms with Gasteiger partial charge in [0.15, 0.2) is 11.7 Å². The molecule has 0 atom stereocenters. The molecule has 0 saturated heterocycles. The minimum absolute atomic E-state index is 0.291. The Balaban J connectivity index is 1.51. The Hall–Kier alpha value is -3.97. The number of oxazole rings is 1. The van der Waals surface area contributed by atoms with Gasteiger partial charge < -0.3 is 15.5 Å². The van der Waals surface area contributed by atoms with E-state index in [1.54, 1.807) is 23.0 Å². The van der Waals surface area contributed by atoms with E-state index < -0.39 is 0 Å². The summed E-state index contributed by atoms with van der Waals surface area (Å²) in [6.45, 7) is 2.13. The van der Waals surface area contributed by atoms with Crippen molar-refractivity contribution in [2.24, 2.45) is 5.73 Å². The van der Waals surface area contributed by atoms with E-state index >= 15 is 0 Å². The maximum Gasteiger partial charge on any atom is 0.191 e. The molecule has 154 valence electrons. The fraction of sp³-hybridized carbons (Fsp3) is 0.0833. The molecule has 0 aliphatic carbocycles. The number of aryl methyl sites for hydroxylation is 1. The largest absolute Gasteiger partial charge is 0.441 e. The molecule has 3 N–H and O–H groups in total. The Bertz CT molecular complexity index is 1350. The van der Waals surface area contributed by atoms with E-state index in [4.69, 9.17) is 15.2 Å². The molecule has 5 rings (SSSR count). The van der Waals surface area contributed by atoms with Crippen molar-refractivity contribution in [2.75, 3.05) is 5.32 Å². The molecule has 0 unspecified atom stereocenters. The first-order valence-electron chi connectivity index (χ1n) is 9.89. The van der Waals surface area contributed by atoms with Crippen LogP contribution >= 0.6 is 0 Å². The standard InChI is InChI=1S/C24H20FN5O/c1-15-27-14-23(31-15)16-5-9-18(10-6-16)28-21-4-2-3-20-22(13-26)30(29-24(20)21)19-11-7-17(25)8-12-19/h2-12,14,28H,13,26H2,1H3. The van der Waals surface area contributed by atoms with Crippen LogP contribution in [-0.4, -0.2) is 14.8 Å². The number of hydrogen-bond acceptors (Lipinski definition) is 5. The summed E-state index contributed by atoms with van der Waals surface area (Å²) in [6, 6.07) is 20.1. The molecule has 0 amide bonds. The van der Waals surface area contributed by atoms with Crippen molar-refractivity contribution in [3.63, 3.8) is 0 Å². The summed E-state index contributed by atoms with van der Waals surface area (Å²) in [5, 5.41) is 9.16. The number of benzene rings is 3. The predicted molar refractivity (Wildman–Crippen MR) is 119 cm³/mol. The third-order valence-electron chi connectivity index (χ3n) is 5.14. The summed E-state index contributed by atoms with van der Waals surface area (Å²) in [5.74, 6) is 1.08. The Morgan fingerprint density at radius 1 is 1.03 bits per heavy atom. The smallest absolute Gasteiger partial charge is 0.191 e. The second-order valence-corrected chi connectivity index (χ2v) is 7.19. The van der Waals surface area contributed by atoms with Gasteiger partial charge in [-0.25, -0.2) is 14.1 Å². The van der Waals surface area contributed by atoms with Crippen LogP contribution in [0.4, 0.5) is 15.8 Å². The van der Waals surface area contributed by atoms with Gasteiger partial charge in [-0.15, -0.1) is 0 Å². The molecule has 0 saturated carbocycles. The number of nitrogens with zero attached hydrogens (tertiary/aromatic N) is 3. The van der Waals surface area contributed by atoms with Crippen molar-refractivity contribution >= 4 is 22.3 Å². The minimum Gasteiger partial charge on any atom is -0.441 e. The van der Waals surface area contributed by atoms with E-state index in [1.165, 1.54) is 12.1 Å². The van der Waals surface area contributed by atoms with Crippen LogP contribution in [0.2, 0.25) is 0 Å². The zero-order chi connectivity index (χ0) is 21.4. The van der Waals surface area contributed by atoms with Gasteiger partial charge in [-0.05, 0) is 54.6 Å². The van der Waals surface area contributed by atoms with E-state index in [0.29, 0.717) is 12.4 Å². The highest BCUT2D eigenvalue weighted by Crippen LogP contribution is 2.30. The summed E-state index contributed by atoms with van der Waals surface area (Å²) in [5.41, 5.74) is 11.2. The first-order chi connectivity index (χ1) is 15.1. The van der Waals surface area contributed by atoms with Crippen molar-refractivity contribution in [3.05, 3.63) is 90.3 Å². The summed E-state index contributed by atoms with van der Waals surface area (Å²) in [7, 11) is 0. The lowest BCUT2D eigenvalue weighted by Gasteiger charge is -2.07.